The molecule has 0 bridgehead atoms. The molecule has 2 rings (SSSR count). The van der Waals surface area contributed by atoms with Gasteiger partial charge in [0.25, 0.3) is 0 Å². The van der Waals surface area contributed by atoms with Gasteiger partial charge in [0.1, 0.15) is 0 Å². The number of hydrogen-bond donors (Lipinski definition) is 2. The Labute approximate surface area is 143 Å². The van der Waals surface area contributed by atoms with Gasteiger partial charge in [0.2, 0.25) is 5.91 Å². The maximum Gasteiger partial charge on any atom is 0.243 e. The molecule has 3 nitrogen and oxygen atoms in total. The number of anilines is 2. The van der Waals surface area contributed by atoms with Crippen LogP contribution in [0.4, 0.5) is 11.4 Å². The Balaban J connectivity index is 1.93. The molecule has 0 radical (unpaired) electrons. The highest BCUT2D eigenvalue weighted by atomic mass is 35.5. The monoisotopic (exact) mass is 330 g/mol. The Hall–Kier alpha value is -2.00. The van der Waals surface area contributed by atoms with E-state index in [1.165, 1.54) is 5.56 Å². The Bertz CT molecular complexity index is 688. The van der Waals surface area contributed by atoms with E-state index in [-0.39, 0.29) is 17.9 Å². The molecular formula is C19H23ClN2O. The predicted octanol–water partition coefficient (Wildman–Crippen LogP) is 5.00. The number of carbonyl (C=O) groups is 1. The Morgan fingerprint density at radius 2 is 1.74 bits per heavy atom. The van der Waals surface area contributed by atoms with Gasteiger partial charge in [-0.05, 0) is 47.7 Å². The summed E-state index contributed by atoms with van der Waals surface area (Å²) in [6.45, 7) is 8.63. The van der Waals surface area contributed by atoms with E-state index in [1.54, 1.807) is 0 Å². The average molecular weight is 331 g/mol. The second-order valence-electron chi connectivity index (χ2n) is 6.64. The van der Waals surface area contributed by atoms with Crippen molar-refractivity contribution in [3.8, 4) is 0 Å². The van der Waals surface area contributed by atoms with E-state index in [2.05, 4.69) is 43.5 Å². The molecule has 0 saturated carbocycles. The zero-order chi connectivity index (χ0) is 17.0. The number of hydrogen-bond acceptors (Lipinski definition) is 2. The van der Waals surface area contributed by atoms with Crippen LogP contribution in [0.3, 0.4) is 0 Å². The van der Waals surface area contributed by atoms with Gasteiger partial charge in [-0.25, -0.2) is 0 Å². The SMILES string of the molecule is Cc1c(Cl)cccc1NC(=O)CNc1ccc(C(C)(C)C)cc1. The quantitative estimate of drug-likeness (QED) is 0.828. The molecule has 2 aromatic rings. The lowest BCUT2D eigenvalue weighted by molar-refractivity contribution is -0.114. The summed E-state index contributed by atoms with van der Waals surface area (Å²) in [6.07, 6.45) is 0. The third-order valence-electron chi connectivity index (χ3n) is 3.75. The summed E-state index contributed by atoms with van der Waals surface area (Å²) in [7, 11) is 0. The maximum absolute atomic E-state index is 12.1. The van der Waals surface area contributed by atoms with Gasteiger partial charge in [0.05, 0.1) is 6.54 Å². The van der Waals surface area contributed by atoms with Gasteiger partial charge in [-0.3, -0.25) is 4.79 Å². The van der Waals surface area contributed by atoms with Crippen molar-refractivity contribution < 1.29 is 4.79 Å². The molecule has 0 unspecified atom stereocenters. The van der Waals surface area contributed by atoms with Gasteiger partial charge in [-0.1, -0.05) is 50.6 Å². The lowest BCUT2D eigenvalue weighted by atomic mass is 9.87. The van der Waals surface area contributed by atoms with E-state index < -0.39 is 0 Å². The van der Waals surface area contributed by atoms with Crippen molar-refractivity contribution in [2.45, 2.75) is 33.1 Å². The van der Waals surface area contributed by atoms with Crippen molar-refractivity contribution in [2.24, 2.45) is 0 Å². The van der Waals surface area contributed by atoms with E-state index in [1.807, 2.05) is 37.3 Å². The Morgan fingerprint density at radius 1 is 1.09 bits per heavy atom. The first kappa shape index (κ1) is 17.4. The molecule has 0 aliphatic carbocycles. The smallest absolute Gasteiger partial charge is 0.243 e. The lowest BCUT2D eigenvalue weighted by Gasteiger charge is -2.19. The van der Waals surface area contributed by atoms with Crippen LogP contribution in [0.5, 0.6) is 0 Å². The summed E-state index contributed by atoms with van der Waals surface area (Å²) < 4.78 is 0. The first-order chi connectivity index (χ1) is 10.8. The molecule has 0 spiro atoms. The fraction of sp³-hybridized carbons (Fsp3) is 0.316. The normalized spacial score (nSPS) is 11.2. The summed E-state index contributed by atoms with van der Waals surface area (Å²) >= 11 is 6.05. The Kier molecular flexibility index (Phi) is 5.32. The topological polar surface area (TPSA) is 41.1 Å². The van der Waals surface area contributed by atoms with Crippen LogP contribution < -0.4 is 10.6 Å². The van der Waals surface area contributed by atoms with Gasteiger partial charge >= 0.3 is 0 Å². The second-order valence-corrected chi connectivity index (χ2v) is 7.05. The third kappa shape index (κ3) is 4.73. The minimum Gasteiger partial charge on any atom is -0.376 e. The van der Waals surface area contributed by atoms with Gasteiger partial charge < -0.3 is 10.6 Å². The van der Waals surface area contributed by atoms with Crippen LogP contribution in [0.15, 0.2) is 42.5 Å². The fourth-order valence-corrected chi connectivity index (χ4v) is 2.38. The minimum absolute atomic E-state index is 0.102. The highest BCUT2D eigenvalue weighted by molar-refractivity contribution is 6.31. The largest absolute Gasteiger partial charge is 0.376 e. The van der Waals surface area contributed by atoms with E-state index in [4.69, 9.17) is 11.6 Å². The number of nitrogens with one attached hydrogen (secondary N) is 2. The lowest BCUT2D eigenvalue weighted by Crippen LogP contribution is -2.22. The van der Waals surface area contributed by atoms with Crippen LogP contribution in [-0.4, -0.2) is 12.5 Å². The van der Waals surface area contributed by atoms with Crippen molar-refractivity contribution >= 4 is 28.9 Å². The van der Waals surface area contributed by atoms with Crippen molar-refractivity contribution in [1.82, 2.24) is 0 Å². The average Bonchev–Trinajstić information content (AvgIpc) is 2.49. The molecule has 1 amide bonds. The van der Waals surface area contributed by atoms with Crippen LogP contribution in [0, 0.1) is 6.92 Å². The number of amides is 1. The molecule has 4 heteroatoms. The molecule has 0 atom stereocenters. The zero-order valence-electron chi connectivity index (χ0n) is 14.0. The summed E-state index contributed by atoms with van der Waals surface area (Å²) in [4.78, 5) is 12.1. The van der Waals surface area contributed by atoms with Crippen LogP contribution >= 0.6 is 11.6 Å². The van der Waals surface area contributed by atoms with Crippen molar-refractivity contribution in [2.75, 3.05) is 17.2 Å². The molecule has 0 aliphatic rings. The number of carbonyl (C=O) groups excluding carboxylic acids is 1. The minimum atomic E-state index is -0.102. The molecule has 2 N–H and O–H groups in total. The standard InChI is InChI=1S/C19H23ClN2O/c1-13-16(20)6-5-7-17(13)22-18(23)12-21-15-10-8-14(9-11-15)19(2,3)4/h5-11,21H,12H2,1-4H3,(H,22,23). The van der Waals surface area contributed by atoms with Crippen LogP contribution in [-0.2, 0) is 10.2 Å². The van der Waals surface area contributed by atoms with E-state index in [9.17, 15) is 4.79 Å². The number of halogens is 1. The van der Waals surface area contributed by atoms with Gasteiger partial charge in [-0.15, -0.1) is 0 Å². The number of benzene rings is 2. The molecule has 0 fully saturated rings. The molecule has 0 aromatic heterocycles. The number of rotatable bonds is 4. The highest BCUT2D eigenvalue weighted by Gasteiger charge is 2.13. The second kappa shape index (κ2) is 7.05. The van der Waals surface area contributed by atoms with Gasteiger partial charge in [-0.2, -0.15) is 0 Å². The fourth-order valence-electron chi connectivity index (χ4n) is 2.21. The van der Waals surface area contributed by atoms with E-state index in [0.717, 1.165) is 16.9 Å². The summed E-state index contributed by atoms with van der Waals surface area (Å²) in [6, 6.07) is 13.6. The predicted molar refractivity (Wildman–Crippen MR) is 98.5 cm³/mol. The summed E-state index contributed by atoms with van der Waals surface area (Å²) in [5.74, 6) is -0.102. The van der Waals surface area contributed by atoms with Gasteiger partial charge in [0, 0.05) is 16.4 Å². The summed E-state index contributed by atoms with van der Waals surface area (Å²) in [5.41, 5.74) is 3.93. The van der Waals surface area contributed by atoms with Crippen LogP contribution in [0.2, 0.25) is 5.02 Å². The van der Waals surface area contributed by atoms with E-state index in [0.29, 0.717) is 5.02 Å². The van der Waals surface area contributed by atoms with Crippen LogP contribution in [0.1, 0.15) is 31.9 Å². The van der Waals surface area contributed by atoms with E-state index >= 15 is 0 Å². The zero-order valence-corrected chi connectivity index (χ0v) is 14.8. The molecule has 23 heavy (non-hydrogen) atoms. The molecule has 0 heterocycles. The third-order valence-corrected chi connectivity index (χ3v) is 4.16. The van der Waals surface area contributed by atoms with Crippen molar-refractivity contribution in [1.29, 1.82) is 0 Å². The van der Waals surface area contributed by atoms with Crippen molar-refractivity contribution in [3.05, 3.63) is 58.6 Å². The van der Waals surface area contributed by atoms with Crippen LogP contribution in [0.25, 0.3) is 0 Å². The maximum atomic E-state index is 12.1. The first-order valence-corrected chi connectivity index (χ1v) is 8.04. The highest BCUT2D eigenvalue weighted by Crippen LogP contribution is 2.24. The summed E-state index contributed by atoms with van der Waals surface area (Å²) in [5, 5.41) is 6.65. The van der Waals surface area contributed by atoms with Crippen molar-refractivity contribution in [3.63, 3.8) is 0 Å². The molecule has 0 saturated heterocycles. The molecule has 2 aromatic carbocycles. The molecule has 122 valence electrons. The Morgan fingerprint density at radius 3 is 2.35 bits per heavy atom. The first-order valence-electron chi connectivity index (χ1n) is 7.67. The van der Waals surface area contributed by atoms with Gasteiger partial charge in [0.15, 0.2) is 0 Å². The molecular weight excluding hydrogens is 308 g/mol. The molecule has 0 aliphatic heterocycles.